The number of benzene rings is 1. The number of carboxylic acid groups (broad SMARTS) is 1. The van der Waals surface area contributed by atoms with Gasteiger partial charge in [-0.1, -0.05) is 11.6 Å². The molecule has 0 radical (unpaired) electrons. The van der Waals surface area contributed by atoms with Gasteiger partial charge in [-0.05, 0) is 24.3 Å². The van der Waals surface area contributed by atoms with Crippen LogP contribution < -0.4 is 0 Å². The number of halogens is 2. The van der Waals surface area contributed by atoms with Gasteiger partial charge in [-0.25, -0.2) is 4.39 Å². The molecular weight excluding hydrogens is 283 g/mol. The zero-order chi connectivity index (χ0) is 13.7. The van der Waals surface area contributed by atoms with Crippen LogP contribution in [-0.2, 0) is 16.0 Å². The van der Waals surface area contributed by atoms with Gasteiger partial charge < -0.3 is 14.8 Å². The van der Waals surface area contributed by atoms with Gasteiger partial charge in [0.05, 0.1) is 12.5 Å². The van der Waals surface area contributed by atoms with Crippen LogP contribution in [0.2, 0.25) is 0 Å². The quantitative estimate of drug-likeness (QED) is 0.618. The van der Waals surface area contributed by atoms with Crippen LogP contribution in [0.25, 0.3) is 0 Å². The Morgan fingerprint density at radius 1 is 1.44 bits per heavy atom. The van der Waals surface area contributed by atoms with Crippen molar-refractivity contribution in [3.63, 3.8) is 0 Å². The molecule has 3 atom stereocenters. The second-order valence-corrected chi connectivity index (χ2v) is 6.07. The summed E-state index contributed by atoms with van der Waals surface area (Å²) in [6.07, 6.45) is -1.73. The van der Waals surface area contributed by atoms with Crippen LogP contribution in [0, 0.1) is 5.82 Å². The molecule has 18 heavy (non-hydrogen) atoms. The molecule has 0 saturated heterocycles. The number of aliphatic carboxylic acids is 1. The maximum atomic E-state index is 12.7. The van der Waals surface area contributed by atoms with Crippen LogP contribution >= 0.6 is 11.6 Å². The van der Waals surface area contributed by atoms with E-state index in [4.69, 9.17) is 16.7 Å². The topological polar surface area (TPSA) is 80.6 Å². The molecule has 1 aromatic rings. The van der Waals surface area contributed by atoms with E-state index >= 15 is 0 Å². The van der Waals surface area contributed by atoms with Gasteiger partial charge in [-0.3, -0.25) is 4.79 Å². The lowest BCUT2D eigenvalue weighted by Crippen LogP contribution is -2.23. The van der Waals surface area contributed by atoms with Crippen molar-refractivity contribution in [2.24, 2.45) is 0 Å². The molecule has 0 aliphatic carbocycles. The highest BCUT2D eigenvalue weighted by molar-refractivity contribution is 7.93. The minimum Gasteiger partial charge on any atom is -0.610 e. The molecule has 100 valence electrons. The third-order valence-corrected chi connectivity index (χ3v) is 4.20. The Kier molecular flexibility index (Phi) is 5.87. The average Bonchev–Trinajstić information content (AvgIpc) is 2.27. The van der Waals surface area contributed by atoms with Crippen molar-refractivity contribution in [3.8, 4) is 0 Å². The largest absolute Gasteiger partial charge is 0.610 e. The van der Waals surface area contributed by atoms with E-state index in [1.54, 1.807) is 0 Å². The molecule has 0 saturated carbocycles. The fourth-order valence-electron chi connectivity index (χ4n) is 1.30. The normalized spacial score (nSPS) is 16.0. The first-order valence-corrected chi connectivity index (χ1v) is 6.75. The fourth-order valence-corrected chi connectivity index (χ4v) is 2.91. The summed E-state index contributed by atoms with van der Waals surface area (Å²) >= 11 is 4.21. The highest BCUT2D eigenvalue weighted by Crippen LogP contribution is 2.23. The monoisotopic (exact) mass is 294 g/mol. The van der Waals surface area contributed by atoms with Crippen LogP contribution in [0.15, 0.2) is 29.2 Å². The van der Waals surface area contributed by atoms with Gasteiger partial charge in [0.15, 0.2) is 9.60 Å². The van der Waals surface area contributed by atoms with Crippen LogP contribution in [0.3, 0.4) is 0 Å². The van der Waals surface area contributed by atoms with Crippen molar-refractivity contribution in [1.82, 2.24) is 0 Å². The molecule has 0 aliphatic rings. The summed E-state index contributed by atoms with van der Waals surface area (Å²) in [6.45, 7) is 0. The minimum absolute atomic E-state index is 0.113. The summed E-state index contributed by atoms with van der Waals surface area (Å²) in [5, 5.41) is 17.8. The van der Waals surface area contributed by atoms with Gasteiger partial charge >= 0.3 is 5.97 Å². The number of carboxylic acids is 1. The number of hydrogen-bond acceptors (Lipinski definition) is 3. The first-order valence-electron chi connectivity index (χ1n) is 5.10. The second-order valence-electron chi connectivity index (χ2n) is 3.65. The molecule has 1 aromatic carbocycles. The average molecular weight is 295 g/mol. The van der Waals surface area contributed by atoms with E-state index in [2.05, 4.69) is 0 Å². The van der Waals surface area contributed by atoms with E-state index in [9.17, 15) is 18.8 Å². The third-order valence-electron chi connectivity index (χ3n) is 2.15. The molecule has 2 N–H and O–H groups in total. The molecule has 7 heteroatoms. The Bertz CT molecular complexity index is 401. The van der Waals surface area contributed by atoms with Crippen molar-refractivity contribution in [3.05, 3.63) is 30.1 Å². The first kappa shape index (κ1) is 15.2. The molecule has 0 aromatic heterocycles. The highest BCUT2D eigenvalue weighted by atomic mass is 35.5. The summed E-state index contributed by atoms with van der Waals surface area (Å²) in [5.41, 5.74) is 0. The lowest BCUT2D eigenvalue weighted by atomic mass is 10.2. The zero-order valence-corrected chi connectivity index (χ0v) is 10.8. The van der Waals surface area contributed by atoms with Crippen LogP contribution in [0.1, 0.15) is 12.8 Å². The lowest BCUT2D eigenvalue weighted by molar-refractivity contribution is -0.139. The summed E-state index contributed by atoms with van der Waals surface area (Å²) in [5.74, 6) is -1.60. The van der Waals surface area contributed by atoms with Gasteiger partial charge in [-0.2, -0.15) is 0 Å². The predicted octanol–water partition coefficient (Wildman–Crippen LogP) is 1.72. The molecule has 0 heterocycles. The van der Waals surface area contributed by atoms with E-state index in [1.807, 2.05) is 0 Å². The van der Waals surface area contributed by atoms with Crippen molar-refractivity contribution in [2.75, 3.05) is 0 Å². The molecule has 4 nitrogen and oxygen atoms in total. The number of aliphatic hydroxyl groups excluding tert-OH is 1. The van der Waals surface area contributed by atoms with Crippen molar-refractivity contribution >= 4 is 28.7 Å². The number of aliphatic hydroxyl groups is 1. The van der Waals surface area contributed by atoms with Crippen molar-refractivity contribution in [2.45, 2.75) is 28.6 Å². The summed E-state index contributed by atoms with van der Waals surface area (Å²) in [6, 6.07) is 4.99. The van der Waals surface area contributed by atoms with Crippen LogP contribution in [0.5, 0.6) is 0 Å². The van der Waals surface area contributed by atoms with Crippen LogP contribution in [0.4, 0.5) is 4.39 Å². The predicted molar refractivity (Wildman–Crippen MR) is 65.3 cm³/mol. The molecule has 0 fully saturated rings. The number of carbonyl (C=O) groups is 1. The van der Waals surface area contributed by atoms with Crippen molar-refractivity contribution in [1.29, 1.82) is 0 Å². The standard InChI is InChI=1S/C11H12ClFO4S/c12-10(5-8(14)6-11(15)16)18(17)9-3-1-7(13)2-4-9/h1-4,8,10,14H,5-6H2,(H,15,16). The second kappa shape index (κ2) is 6.94. The van der Waals surface area contributed by atoms with E-state index in [0.29, 0.717) is 4.90 Å². The lowest BCUT2D eigenvalue weighted by Gasteiger charge is -2.17. The van der Waals surface area contributed by atoms with E-state index < -0.39 is 40.2 Å². The van der Waals surface area contributed by atoms with E-state index in [-0.39, 0.29) is 6.42 Å². The van der Waals surface area contributed by atoms with E-state index in [0.717, 1.165) is 12.1 Å². The molecule has 0 spiro atoms. The molecule has 0 amide bonds. The Labute approximate surface area is 112 Å². The maximum absolute atomic E-state index is 12.7. The molecule has 0 bridgehead atoms. The van der Waals surface area contributed by atoms with Gasteiger partial charge in [0.25, 0.3) is 0 Å². The Balaban J connectivity index is 2.58. The highest BCUT2D eigenvalue weighted by Gasteiger charge is 2.26. The molecule has 3 unspecified atom stereocenters. The first-order chi connectivity index (χ1) is 8.40. The number of hydrogen-bond donors (Lipinski definition) is 2. The van der Waals surface area contributed by atoms with Crippen molar-refractivity contribution < 1.29 is 24.0 Å². The third kappa shape index (κ3) is 4.81. The Morgan fingerprint density at radius 2 is 2.00 bits per heavy atom. The number of rotatable bonds is 6. The summed E-state index contributed by atoms with van der Waals surface area (Å²) in [4.78, 5) is 10.7. The SMILES string of the molecule is O=C(O)CC(O)CC(Cl)[S+]([O-])c1ccc(F)cc1. The fraction of sp³-hybridized carbons (Fsp3) is 0.364. The summed E-state index contributed by atoms with van der Waals surface area (Å²) in [7, 11) is 0. The smallest absolute Gasteiger partial charge is 0.305 e. The zero-order valence-electron chi connectivity index (χ0n) is 9.25. The summed E-state index contributed by atoms with van der Waals surface area (Å²) < 4.78 is 23.6. The molecule has 1 rings (SSSR count). The van der Waals surface area contributed by atoms with Crippen LogP contribution in [-0.4, -0.2) is 31.5 Å². The van der Waals surface area contributed by atoms with Gasteiger partial charge in [0.2, 0.25) is 0 Å². The van der Waals surface area contributed by atoms with Gasteiger partial charge in [-0.15, -0.1) is 0 Å². The Hall–Kier alpha value is -0.820. The van der Waals surface area contributed by atoms with Gasteiger partial charge in [0.1, 0.15) is 5.82 Å². The minimum atomic E-state index is -1.63. The van der Waals surface area contributed by atoms with Gasteiger partial charge in [0, 0.05) is 17.6 Å². The Morgan fingerprint density at radius 3 is 2.50 bits per heavy atom. The maximum Gasteiger partial charge on any atom is 0.305 e. The number of alkyl halides is 1. The molecule has 0 aliphatic heterocycles. The van der Waals surface area contributed by atoms with E-state index in [1.165, 1.54) is 12.1 Å². The molecular formula is C11H12ClFO4S.